The summed E-state index contributed by atoms with van der Waals surface area (Å²) in [6, 6.07) is 0.306. The van der Waals surface area contributed by atoms with E-state index in [1.54, 1.807) is 0 Å². The molecule has 2 bridgehead atoms. The van der Waals surface area contributed by atoms with Crippen LogP contribution in [0.2, 0.25) is 0 Å². The van der Waals surface area contributed by atoms with Crippen molar-refractivity contribution >= 4 is 5.91 Å². The molecule has 0 aromatic rings. The molecule has 3 aliphatic rings. The second-order valence-corrected chi connectivity index (χ2v) is 8.58. The second kappa shape index (κ2) is 8.75. The van der Waals surface area contributed by atoms with Crippen molar-refractivity contribution in [2.45, 2.75) is 71.6 Å². The number of amides is 1. The van der Waals surface area contributed by atoms with Crippen molar-refractivity contribution < 1.29 is 19.4 Å². The molecular weight excluding hydrogens is 330 g/mol. The molecule has 0 radical (unpaired) electrons. The number of aliphatic hydroxyl groups excluding tert-OH is 1. The summed E-state index contributed by atoms with van der Waals surface area (Å²) >= 11 is 0. The van der Waals surface area contributed by atoms with Crippen LogP contribution in [-0.4, -0.2) is 36.6 Å². The summed E-state index contributed by atoms with van der Waals surface area (Å²) in [5.41, 5.74) is 0. The summed E-state index contributed by atoms with van der Waals surface area (Å²) in [6.07, 6.45) is 8.10. The van der Waals surface area contributed by atoms with Crippen LogP contribution in [0.3, 0.4) is 0 Å². The molecule has 3 rings (SSSR count). The Kier molecular flexibility index (Phi) is 6.62. The van der Waals surface area contributed by atoms with Crippen LogP contribution in [0.5, 0.6) is 0 Å². The molecule has 0 aromatic carbocycles. The first-order valence-corrected chi connectivity index (χ1v) is 10.4. The first kappa shape index (κ1) is 19.7. The standard InChI is InChI=1S/C21H35NO4/c1-4-25-21-16(6-5-9-23)17(13(2)3)12-19(26-21)20(24)22-18-11-14-7-8-15(18)10-14/h12-18,21,23H,4-11H2,1-3H3,(H,22,24)/t14?,15?,16-,17+,18?,21+/m1/s1. The van der Waals surface area contributed by atoms with Crippen molar-refractivity contribution in [2.75, 3.05) is 13.2 Å². The van der Waals surface area contributed by atoms with Gasteiger partial charge in [0.05, 0.1) is 0 Å². The zero-order chi connectivity index (χ0) is 18.7. The average Bonchev–Trinajstić information content (AvgIpc) is 3.23. The van der Waals surface area contributed by atoms with Gasteiger partial charge in [0.2, 0.25) is 6.29 Å². The number of fused-ring (bicyclic) bond motifs is 2. The number of hydrogen-bond donors (Lipinski definition) is 2. The third kappa shape index (κ3) is 4.25. The molecule has 5 heteroatoms. The minimum Gasteiger partial charge on any atom is -0.459 e. The molecule has 1 aliphatic heterocycles. The van der Waals surface area contributed by atoms with Crippen LogP contribution in [0.4, 0.5) is 0 Å². The van der Waals surface area contributed by atoms with Crippen LogP contribution < -0.4 is 5.32 Å². The van der Waals surface area contributed by atoms with Crippen LogP contribution in [0.15, 0.2) is 11.8 Å². The molecule has 2 aliphatic carbocycles. The number of carbonyl (C=O) groups excluding carboxylic acids is 1. The van der Waals surface area contributed by atoms with Crippen molar-refractivity contribution in [2.24, 2.45) is 29.6 Å². The van der Waals surface area contributed by atoms with E-state index in [0.29, 0.717) is 30.2 Å². The van der Waals surface area contributed by atoms with E-state index in [2.05, 4.69) is 19.2 Å². The van der Waals surface area contributed by atoms with Gasteiger partial charge in [-0.1, -0.05) is 20.3 Å². The van der Waals surface area contributed by atoms with Crippen molar-refractivity contribution in [1.29, 1.82) is 0 Å². The highest BCUT2D eigenvalue weighted by atomic mass is 16.7. The highest BCUT2D eigenvalue weighted by Gasteiger charge is 2.42. The molecule has 2 N–H and O–H groups in total. The maximum atomic E-state index is 12.9. The number of carbonyl (C=O) groups is 1. The average molecular weight is 366 g/mol. The summed E-state index contributed by atoms with van der Waals surface area (Å²) in [6.45, 7) is 7.01. The Balaban J connectivity index is 1.71. The molecule has 26 heavy (non-hydrogen) atoms. The van der Waals surface area contributed by atoms with Crippen molar-refractivity contribution in [3.05, 3.63) is 11.8 Å². The minimum absolute atomic E-state index is 0.0847. The maximum absolute atomic E-state index is 12.9. The Hall–Kier alpha value is -1.07. The van der Waals surface area contributed by atoms with Gasteiger partial charge in [0.25, 0.3) is 5.91 Å². The van der Waals surface area contributed by atoms with E-state index >= 15 is 0 Å². The van der Waals surface area contributed by atoms with Crippen molar-refractivity contribution in [3.63, 3.8) is 0 Å². The van der Waals surface area contributed by atoms with Crippen LogP contribution in [0.25, 0.3) is 0 Å². The molecule has 1 heterocycles. The van der Waals surface area contributed by atoms with Gasteiger partial charge in [0, 0.05) is 25.2 Å². The lowest BCUT2D eigenvalue weighted by molar-refractivity contribution is -0.175. The highest BCUT2D eigenvalue weighted by Crippen LogP contribution is 2.44. The number of hydrogen-bond acceptors (Lipinski definition) is 4. The van der Waals surface area contributed by atoms with Gasteiger partial charge in [-0.2, -0.15) is 0 Å². The van der Waals surface area contributed by atoms with Crippen LogP contribution in [0, 0.1) is 29.6 Å². The van der Waals surface area contributed by atoms with E-state index in [1.165, 1.54) is 19.3 Å². The van der Waals surface area contributed by atoms with Crippen LogP contribution in [0.1, 0.15) is 59.3 Å². The summed E-state index contributed by atoms with van der Waals surface area (Å²) in [4.78, 5) is 12.9. The molecule has 5 nitrogen and oxygen atoms in total. The normalized spacial score (nSPS) is 36.1. The Bertz CT molecular complexity index is 518. The van der Waals surface area contributed by atoms with E-state index in [9.17, 15) is 9.90 Å². The molecule has 1 amide bonds. The van der Waals surface area contributed by atoms with Gasteiger partial charge in [0.15, 0.2) is 5.76 Å². The maximum Gasteiger partial charge on any atom is 0.286 e. The fourth-order valence-corrected chi connectivity index (χ4v) is 5.19. The van der Waals surface area contributed by atoms with E-state index in [1.807, 2.05) is 13.0 Å². The van der Waals surface area contributed by atoms with Crippen LogP contribution >= 0.6 is 0 Å². The molecule has 6 atom stereocenters. The zero-order valence-electron chi connectivity index (χ0n) is 16.4. The second-order valence-electron chi connectivity index (χ2n) is 8.58. The quantitative estimate of drug-likeness (QED) is 0.693. The molecule has 2 fully saturated rings. The molecule has 2 saturated carbocycles. The number of nitrogens with one attached hydrogen (secondary N) is 1. The summed E-state index contributed by atoms with van der Waals surface area (Å²) in [7, 11) is 0. The van der Waals surface area contributed by atoms with Gasteiger partial charge in [-0.05, 0) is 68.8 Å². The molecule has 0 saturated heterocycles. The fourth-order valence-electron chi connectivity index (χ4n) is 5.19. The van der Waals surface area contributed by atoms with Gasteiger partial charge in [-0.15, -0.1) is 0 Å². The number of allylic oxidation sites excluding steroid dienone is 1. The van der Waals surface area contributed by atoms with Gasteiger partial charge in [-0.25, -0.2) is 0 Å². The predicted octanol–water partition coefficient (Wildman–Crippen LogP) is 3.23. The minimum atomic E-state index is -0.412. The zero-order valence-corrected chi connectivity index (χ0v) is 16.4. The Morgan fingerprint density at radius 3 is 2.77 bits per heavy atom. The third-order valence-electron chi connectivity index (χ3n) is 6.51. The van der Waals surface area contributed by atoms with E-state index in [0.717, 1.165) is 25.2 Å². The van der Waals surface area contributed by atoms with E-state index in [-0.39, 0.29) is 24.3 Å². The lowest BCUT2D eigenvalue weighted by Crippen LogP contribution is -2.44. The molecule has 0 aromatic heterocycles. The van der Waals surface area contributed by atoms with Crippen molar-refractivity contribution in [3.8, 4) is 0 Å². The SMILES string of the molecule is CCO[C@H]1OC(C(=O)NC2CC3CCC2C3)=C[C@@H](C(C)C)[C@H]1CCCO. The van der Waals surface area contributed by atoms with E-state index < -0.39 is 6.29 Å². The topological polar surface area (TPSA) is 67.8 Å². The molecule has 148 valence electrons. The largest absolute Gasteiger partial charge is 0.459 e. The monoisotopic (exact) mass is 365 g/mol. The van der Waals surface area contributed by atoms with Gasteiger partial charge in [0.1, 0.15) is 0 Å². The number of ether oxygens (including phenoxy) is 2. The molecule has 3 unspecified atom stereocenters. The number of rotatable bonds is 8. The Morgan fingerprint density at radius 1 is 1.38 bits per heavy atom. The fraction of sp³-hybridized carbons (Fsp3) is 0.857. The lowest BCUT2D eigenvalue weighted by atomic mass is 9.78. The number of aliphatic hydroxyl groups is 1. The van der Waals surface area contributed by atoms with Crippen molar-refractivity contribution in [1.82, 2.24) is 5.32 Å². The highest BCUT2D eigenvalue weighted by molar-refractivity contribution is 5.91. The molecular formula is C21H35NO4. The predicted molar refractivity (Wildman–Crippen MR) is 100 cm³/mol. The van der Waals surface area contributed by atoms with E-state index in [4.69, 9.17) is 9.47 Å². The smallest absolute Gasteiger partial charge is 0.286 e. The summed E-state index contributed by atoms with van der Waals surface area (Å²) in [5.74, 6) is 2.55. The van der Waals surface area contributed by atoms with Gasteiger partial charge < -0.3 is 19.9 Å². The summed E-state index contributed by atoms with van der Waals surface area (Å²) in [5, 5.41) is 12.5. The third-order valence-corrected chi connectivity index (χ3v) is 6.51. The molecule has 0 spiro atoms. The first-order chi connectivity index (χ1) is 12.5. The Labute approximate surface area is 157 Å². The Morgan fingerprint density at radius 2 is 2.19 bits per heavy atom. The van der Waals surface area contributed by atoms with Gasteiger partial charge >= 0.3 is 0 Å². The van der Waals surface area contributed by atoms with Gasteiger partial charge in [-0.3, -0.25) is 4.79 Å². The van der Waals surface area contributed by atoms with Crippen LogP contribution in [-0.2, 0) is 14.3 Å². The first-order valence-electron chi connectivity index (χ1n) is 10.4. The summed E-state index contributed by atoms with van der Waals surface area (Å²) < 4.78 is 11.9. The lowest BCUT2D eigenvalue weighted by Gasteiger charge is -2.38.